The number of hydrogen-bond donors (Lipinski definition) is 0. The van der Waals surface area contributed by atoms with E-state index in [-0.39, 0.29) is 0 Å². The Morgan fingerprint density at radius 1 is 1.40 bits per heavy atom. The first-order valence-corrected chi connectivity index (χ1v) is 5.24. The van der Waals surface area contributed by atoms with Crippen LogP contribution in [0.25, 0.3) is 0 Å². The molecule has 0 fully saturated rings. The molecule has 0 aromatic rings. The standard InChI is InChI=1S/C9H18S/c1-9(2)7-5-4-6-8-10-3/h6,8-9H,4-5,7H2,1-3H3/b8-6-. The van der Waals surface area contributed by atoms with E-state index in [1.165, 1.54) is 19.3 Å². The van der Waals surface area contributed by atoms with Gasteiger partial charge in [0.1, 0.15) is 0 Å². The monoisotopic (exact) mass is 158 g/mol. The van der Waals surface area contributed by atoms with E-state index >= 15 is 0 Å². The quantitative estimate of drug-likeness (QED) is 0.550. The Morgan fingerprint density at radius 3 is 2.60 bits per heavy atom. The molecule has 0 heterocycles. The smallest absolute Gasteiger partial charge is 0.0142 e. The third-order valence-corrected chi connectivity index (χ3v) is 1.85. The van der Waals surface area contributed by atoms with Gasteiger partial charge in [-0.3, -0.25) is 0 Å². The molecule has 0 aliphatic rings. The maximum absolute atomic E-state index is 2.28. The Bertz CT molecular complexity index is 84.7. The van der Waals surface area contributed by atoms with Crippen molar-refractivity contribution in [2.45, 2.75) is 33.1 Å². The van der Waals surface area contributed by atoms with E-state index in [0.717, 1.165) is 5.92 Å². The van der Waals surface area contributed by atoms with Crippen LogP contribution in [-0.4, -0.2) is 6.26 Å². The van der Waals surface area contributed by atoms with Crippen molar-refractivity contribution < 1.29 is 0 Å². The normalized spacial score (nSPS) is 11.6. The van der Waals surface area contributed by atoms with Gasteiger partial charge < -0.3 is 0 Å². The zero-order valence-corrected chi connectivity index (χ0v) is 8.08. The lowest BCUT2D eigenvalue weighted by atomic mass is 10.1. The second kappa shape index (κ2) is 7.20. The summed E-state index contributed by atoms with van der Waals surface area (Å²) in [5.41, 5.74) is 0. The molecule has 0 radical (unpaired) electrons. The second-order valence-corrected chi connectivity index (χ2v) is 3.68. The van der Waals surface area contributed by atoms with Crippen LogP contribution in [0.15, 0.2) is 11.5 Å². The number of allylic oxidation sites excluding steroid dienone is 1. The Labute approximate surface area is 69.1 Å². The summed E-state index contributed by atoms with van der Waals surface area (Å²) < 4.78 is 0. The van der Waals surface area contributed by atoms with Gasteiger partial charge in [0.25, 0.3) is 0 Å². The molecule has 0 aliphatic heterocycles. The maximum Gasteiger partial charge on any atom is -0.0142 e. The van der Waals surface area contributed by atoms with Crippen molar-refractivity contribution in [1.82, 2.24) is 0 Å². The van der Waals surface area contributed by atoms with E-state index in [1.54, 1.807) is 11.8 Å². The van der Waals surface area contributed by atoms with Crippen molar-refractivity contribution in [3.8, 4) is 0 Å². The molecule has 0 nitrogen and oxygen atoms in total. The fourth-order valence-corrected chi connectivity index (χ4v) is 1.14. The van der Waals surface area contributed by atoms with Crippen molar-refractivity contribution in [2.75, 3.05) is 6.26 Å². The zero-order chi connectivity index (χ0) is 7.82. The lowest BCUT2D eigenvalue weighted by Gasteiger charge is -1.99. The number of hydrogen-bond acceptors (Lipinski definition) is 1. The Morgan fingerprint density at radius 2 is 2.10 bits per heavy atom. The van der Waals surface area contributed by atoms with Gasteiger partial charge in [-0.25, -0.2) is 0 Å². The first-order valence-electron chi connectivity index (χ1n) is 3.95. The van der Waals surface area contributed by atoms with Crippen LogP contribution in [0.3, 0.4) is 0 Å². The minimum atomic E-state index is 0.864. The van der Waals surface area contributed by atoms with Crippen LogP contribution < -0.4 is 0 Å². The van der Waals surface area contributed by atoms with Crippen molar-refractivity contribution in [1.29, 1.82) is 0 Å². The van der Waals surface area contributed by atoms with Crippen LogP contribution in [0.4, 0.5) is 0 Å². The van der Waals surface area contributed by atoms with Crippen molar-refractivity contribution >= 4 is 11.8 Å². The molecule has 0 aliphatic carbocycles. The molecule has 10 heavy (non-hydrogen) atoms. The summed E-state index contributed by atoms with van der Waals surface area (Å²) >= 11 is 1.78. The predicted molar refractivity (Wildman–Crippen MR) is 51.3 cm³/mol. The minimum absolute atomic E-state index is 0.864. The molecule has 60 valence electrons. The first kappa shape index (κ1) is 10.1. The summed E-state index contributed by atoms with van der Waals surface area (Å²) in [6, 6.07) is 0. The molecule has 0 aromatic carbocycles. The third kappa shape index (κ3) is 8.09. The fourth-order valence-electron chi connectivity index (χ4n) is 0.808. The van der Waals surface area contributed by atoms with Crippen LogP contribution in [-0.2, 0) is 0 Å². The number of unbranched alkanes of at least 4 members (excludes halogenated alkanes) is 1. The van der Waals surface area contributed by atoms with Gasteiger partial charge in [0, 0.05) is 0 Å². The summed E-state index contributed by atoms with van der Waals surface area (Å²) in [7, 11) is 0. The molecule has 0 N–H and O–H groups in total. The highest BCUT2D eigenvalue weighted by atomic mass is 32.2. The second-order valence-electron chi connectivity index (χ2n) is 2.93. The van der Waals surface area contributed by atoms with Gasteiger partial charge in [0.05, 0.1) is 0 Å². The molecule has 0 aromatic heterocycles. The molecule has 0 saturated carbocycles. The molecular weight excluding hydrogens is 140 g/mol. The van der Waals surface area contributed by atoms with Crippen molar-refractivity contribution in [3.63, 3.8) is 0 Å². The fraction of sp³-hybridized carbons (Fsp3) is 0.778. The molecule has 0 rings (SSSR count). The van der Waals surface area contributed by atoms with E-state index in [4.69, 9.17) is 0 Å². The molecule has 1 heteroatoms. The molecule has 0 atom stereocenters. The topological polar surface area (TPSA) is 0 Å². The summed E-state index contributed by atoms with van der Waals surface area (Å²) in [4.78, 5) is 0. The average Bonchev–Trinajstić information content (AvgIpc) is 1.87. The Balaban J connectivity index is 2.97. The Kier molecular flexibility index (Phi) is 7.26. The molecular formula is C9H18S. The third-order valence-electron chi connectivity index (χ3n) is 1.38. The molecule has 0 bridgehead atoms. The van der Waals surface area contributed by atoms with Crippen LogP contribution in [0.1, 0.15) is 33.1 Å². The van der Waals surface area contributed by atoms with E-state index < -0.39 is 0 Å². The first-order chi connectivity index (χ1) is 4.77. The van der Waals surface area contributed by atoms with E-state index in [1.807, 2.05) is 0 Å². The summed E-state index contributed by atoms with van der Waals surface area (Å²) in [5, 5.41) is 2.17. The molecule has 0 saturated heterocycles. The largest absolute Gasteiger partial charge is 0.138 e. The SMILES string of the molecule is CS/C=C\CCCC(C)C. The number of thioether (sulfide) groups is 1. The van der Waals surface area contributed by atoms with Crippen molar-refractivity contribution in [2.24, 2.45) is 5.92 Å². The van der Waals surface area contributed by atoms with E-state index in [0.29, 0.717) is 0 Å². The molecule has 0 amide bonds. The zero-order valence-electron chi connectivity index (χ0n) is 7.26. The van der Waals surface area contributed by atoms with Crippen LogP contribution in [0.2, 0.25) is 0 Å². The van der Waals surface area contributed by atoms with Crippen LogP contribution >= 0.6 is 11.8 Å². The van der Waals surface area contributed by atoms with Gasteiger partial charge in [-0.2, -0.15) is 0 Å². The van der Waals surface area contributed by atoms with Crippen LogP contribution in [0, 0.1) is 5.92 Å². The van der Waals surface area contributed by atoms with Gasteiger partial charge in [0.15, 0.2) is 0 Å². The van der Waals surface area contributed by atoms with Gasteiger partial charge in [-0.1, -0.05) is 26.3 Å². The predicted octanol–water partition coefficient (Wildman–Crippen LogP) is 3.69. The Hall–Kier alpha value is 0.0900. The van der Waals surface area contributed by atoms with Gasteiger partial charge >= 0.3 is 0 Å². The van der Waals surface area contributed by atoms with E-state index in [2.05, 4.69) is 31.6 Å². The highest BCUT2D eigenvalue weighted by molar-refractivity contribution is 8.01. The average molecular weight is 158 g/mol. The number of rotatable bonds is 5. The summed E-state index contributed by atoms with van der Waals surface area (Å²) in [5.74, 6) is 0.864. The highest BCUT2D eigenvalue weighted by Crippen LogP contribution is 2.07. The molecule has 0 unspecified atom stereocenters. The van der Waals surface area contributed by atoms with Gasteiger partial charge in [-0.05, 0) is 30.4 Å². The molecule has 0 spiro atoms. The van der Waals surface area contributed by atoms with Crippen LogP contribution in [0.5, 0.6) is 0 Å². The lowest BCUT2D eigenvalue weighted by Crippen LogP contribution is -1.84. The van der Waals surface area contributed by atoms with Gasteiger partial charge in [0.2, 0.25) is 0 Å². The maximum atomic E-state index is 2.28. The summed E-state index contributed by atoms with van der Waals surface area (Å²) in [6.07, 6.45) is 8.30. The lowest BCUT2D eigenvalue weighted by molar-refractivity contribution is 0.560. The van der Waals surface area contributed by atoms with E-state index in [9.17, 15) is 0 Å². The minimum Gasteiger partial charge on any atom is -0.138 e. The highest BCUT2D eigenvalue weighted by Gasteiger charge is 1.90. The van der Waals surface area contributed by atoms with Crippen molar-refractivity contribution in [3.05, 3.63) is 11.5 Å². The van der Waals surface area contributed by atoms with Gasteiger partial charge in [-0.15, -0.1) is 11.8 Å². The summed E-state index contributed by atoms with van der Waals surface area (Å²) in [6.45, 7) is 4.55.